The maximum absolute atomic E-state index is 14.0. The van der Waals surface area contributed by atoms with E-state index in [4.69, 9.17) is 9.26 Å². The Balaban J connectivity index is 1.53. The summed E-state index contributed by atoms with van der Waals surface area (Å²) in [6, 6.07) is 10.6. The maximum Gasteiger partial charge on any atom is 0.410 e. The van der Waals surface area contributed by atoms with Crippen molar-refractivity contribution in [1.82, 2.24) is 15.0 Å². The van der Waals surface area contributed by atoms with Crippen molar-refractivity contribution < 1.29 is 23.4 Å². The number of carbonyl (C=O) groups excluding carboxylic acids is 1. The van der Waals surface area contributed by atoms with Crippen molar-refractivity contribution >= 4 is 17.5 Å². The average Bonchev–Trinajstić information content (AvgIpc) is 3.28. The van der Waals surface area contributed by atoms with Gasteiger partial charge in [0, 0.05) is 37.8 Å². The van der Waals surface area contributed by atoms with Crippen molar-refractivity contribution in [3.05, 3.63) is 58.4 Å². The highest BCUT2D eigenvalue weighted by Gasteiger charge is 2.29. The SMILES string of the molecule is CC(C)(C)OC(=O)N1CCN(c2ccc(-c3nc(-c4ccccc4F)no3)cc2[N+](=O)[O-])CC1. The molecule has 1 amide bonds. The highest BCUT2D eigenvalue weighted by Crippen LogP contribution is 2.34. The Kier molecular flexibility index (Phi) is 6.18. The molecule has 0 bridgehead atoms. The van der Waals surface area contributed by atoms with E-state index in [1.807, 2.05) is 4.90 Å². The normalized spacial score (nSPS) is 14.2. The van der Waals surface area contributed by atoms with Crippen molar-refractivity contribution in [2.45, 2.75) is 26.4 Å². The van der Waals surface area contributed by atoms with E-state index in [9.17, 15) is 19.3 Å². The lowest BCUT2D eigenvalue weighted by Gasteiger charge is -2.36. The molecule has 1 fully saturated rings. The van der Waals surface area contributed by atoms with E-state index in [1.54, 1.807) is 49.9 Å². The van der Waals surface area contributed by atoms with E-state index in [1.165, 1.54) is 18.2 Å². The zero-order chi connectivity index (χ0) is 24.5. The minimum Gasteiger partial charge on any atom is -0.444 e. The number of carbonyl (C=O) groups is 1. The van der Waals surface area contributed by atoms with Gasteiger partial charge in [0.25, 0.3) is 11.6 Å². The topological polar surface area (TPSA) is 115 Å². The Hall–Kier alpha value is -4.02. The number of nitro benzene ring substituents is 1. The number of anilines is 1. The zero-order valence-electron chi connectivity index (χ0n) is 19.0. The molecule has 0 spiro atoms. The van der Waals surface area contributed by atoms with Crippen molar-refractivity contribution in [1.29, 1.82) is 0 Å². The minimum absolute atomic E-state index is 0.0441. The van der Waals surface area contributed by atoms with Crippen LogP contribution in [0.3, 0.4) is 0 Å². The molecule has 0 saturated carbocycles. The summed E-state index contributed by atoms with van der Waals surface area (Å²) < 4.78 is 24.7. The lowest BCUT2D eigenvalue weighted by molar-refractivity contribution is -0.384. The summed E-state index contributed by atoms with van der Waals surface area (Å²) in [7, 11) is 0. The van der Waals surface area contributed by atoms with Gasteiger partial charge in [-0.1, -0.05) is 17.3 Å². The van der Waals surface area contributed by atoms with Crippen LogP contribution in [0.5, 0.6) is 0 Å². The van der Waals surface area contributed by atoms with Crippen LogP contribution in [0.25, 0.3) is 22.8 Å². The molecule has 0 atom stereocenters. The number of benzene rings is 2. The van der Waals surface area contributed by atoms with Gasteiger partial charge in [-0.2, -0.15) is 4.98 Å². The molecule has 0 N–H and O–H groups in total. The first kappa shape index (κ1) is 23.1. The Morgan fingerprint density at radius 2 is 1.85 bits per heavy atom. The summed E-state index contributed by atoms with van der Waals surface area (Å²) in [4.78, 5) is 31.3. The van der Waals surface area contributed by atoms with Gasteiger partial charge in [0.1, 0.15) is 17.1 Å². The molecule has 4 rings (SSSR count). The standard InChI is InChI=1S/C23H24FN5O5/c1-23(2,3)33-22(30)28-12-10-27(11-13-28)18-9-8-15(14-19(18)29(31)32)21-25-20(26-34-21)16-6-4-5-7-17(16)24/h4-9,14H,10-13H2,1-3H3. The molecule has 1 aliphatic rings. The number of piperazine rings is 1. The van der Waals surface area contributed by atoms with Crippen LogP contribution in [0.1, 0.15) is 20.8 Å². The molecule has 3 aromatic rings. The van der Waals surface area contributed by atoms with Crippen LogP contribution < -0.4 is 4.90 Å². The van der Waals surface area contributed by atoms with E-state index in [2.05, 4.69) is 10.1 Å². The smallest absolute Gasteiger partial charge is 0.410 e. The van der Waals surface area contributed by atoms with Crippen LogP contribution in [0.4, 0.5) is 20.6 Å². The first-order valence-electron chi connectivity index (χ1n) is 10.7. The van der Waals surface area contributed by atoms with Gasteiger partial charge in [0.05, 0.1) is 10.5 Å². The van der Waals surface area contributed by atoms with Gasteiger partial charge >= 0.3 is 6.09 Å². The summed E-state index contributed by atoms with van der Waals surface area (Å²) in [6.45, 7) is 6.99. The predicted molar refractivity (Wildman–Crippen MR) is 122 cm³/mol. The van der Waals surface area contributed by atoms with Crippen molar-refractivity contribution in [3.8, 4) is 22.8 Å². The Morgan fingerprint density at radius 1 is 1.15 bits per heavy atom. The van der Waals surface area contributed by atoms with Crippen molar-refractivity contribution in [3.63, 3.8) is 0 Å². The van der Waals surface area contributed by atoms with Crippen LogP contribution in [0, 0.1) is 15.9 Å². The van der Waals surface area contributed by atoms with Crippen LogP contribution in [0.2, 0.25) is 0 Å². The van der Waals surface area contributed by atoms with Crippen molar-refractivity contribution in [2.24, 2.45) is 0 Å². The van der Waals surface area contributed by atoms with E-state index >= 15 is 0 Å². The fourth-order valence-corrected chi connectivity index (χ4v) is 3.62. The number of rotatable bonds is 4. The second-order valence-corrected chi connectivity index (χ2v) is 8.82. The Bertz CT molecular complexity index is 1210. The van der Waals surface area contributed by atoms with E-state index in [0.29, 0.717) is 37.4 Å². The van der Waals surface area contributed by atoms with Crippen LogP contribution in [0.15, 0.2) is 47.0 Å². The Morgan fingerprint density at radius 3 is 2.50 bits per heavy atom. The number of hydrogen-bond donors (Lipinski definition) is 0. The number of aromatic nitrogens is 2. The molecule has 0 radical (unpaired) electrons. The molecular weight excluding hydrogens is 445 g/mol. The van der Waals surface area contributed by atoms with Crippen LogP contribution >= 0.6 is 0 Å². The van der Waals surface area contributed by atoms with E-state index < -0.39 is 22.4 Å². The number of amides is 1. The third kappa shape index (κ3) is 4.98. The van der Waals surface area contributed by atoms with Gasteiger partial charge in [0.15, 0.2) is 0 Å². The third-order valence-electron chi connectivity index (χ3n) is 5.23. The highest BCUT2D eigenvalue weighted by atomic mass is 19.1. The van der Waals surface area contributed by atoms with E-state index in [-0.39, 0.29) is 23.0 Å². The van der Waals surface area contributed by atoms with Gasteiger partial charge in [0.2, 0.25) is 5.82 Å². The first-order chi connectivity index (χ1) is 16.1. The molecule has 11 heteroatoms. The largest absolute Gasteiger partial charge is 0.444 e. The fraction of sp³-hybridized carbons (Fsp3) is 0.348. The second-order valence-electron chi connectivity index (χ2n) is 8.82. The van der Waals surface area contributed by atoms with Gasteiger partial charge in [-0.05, 0) is 45.0 Å². The van der Waals surface area contributed by atoms with Gasteiger partial charge in [-0.25, -0.2) is 9.18 Å². The van der Waals surface area contributed by atoms with Gasteiger partial charge in [-0.3, -0.25) is 10.1 Å². The number of hydrogen-bond acceptors (Lipinski definition) is 8. The monoisotopic (exact) mass is 469 g/mol. The van der Waals surface area contributed by atoms with Crippen LogP contribution in [-0.4, -0.2) is 57.8 Å². The average molecular weight is 469 g/mol. The van der Waals surface area contributed by atoms with Crippen molar-refractivity contribution in [2.75, 3.05) is 31.1 Å². The number of nitrogens with zero attached hydrogens (tertiary/aromatic N) is 5. The molecule has 2 aromatic carbocycles. The molecule has 1 aromatic heterocycles. The molecular formula is C23H24FN5O5. The number of nitro groups is 1. The molecule has 2 heterocycles. The zero-order valence-corrected chi connectivity index (χ0v) is 19.0. The third-order valence-corrected chi connectivity index (χ3v) is 5.23. The highest BCUT2D eigenvalue weighted by molar-refractivity contribution is 5.73. The lowest BCUT2D eigenvalue weighted by atomic mass is 10.1. The maximum atomic E-state index is 14.0. The van der Waals surface area contributed by atoms with Gasteiger partial charge < -0.3 is 19.1 Å². The quantitative estimate of drug-likeness (QED) is 0.405. The molecule has 0 aliphatic carbocycles. The summed E-state index contributed by atoms with van der Waals surface area (Å²) >= 11 is 0. The summed E-state index contributed by atoms with van der Waals surface area (Å²) in [5, 5.41) is 15.6. The summed E-state index contributed by atoms with van der Waals surface area (Å²) in [5.74, 6) is -0.401. The van der Waals surface area contributed by atoms with Gasteiger partial charge in [-0.15, -0.1) is 0 Å². The number of halogens is 1. The fourth-order valence-electron chi connectivity index (χ4n) is 3.62. The summed E-state index contributed by atoms with van der Waals surface area (Å²) in [6.07, 6.45) is -0.404. The Labute approximate surface area is 195 Å². The van der Waals surface area contributed by atoms with Crippen LogP contribution in [-0.2, 0) is 4.74 Å². The predicted octanol–water partition coefficient (Wildman–Crippen LogP) is 4.51. The van der Waals surface area contributed by atoms with E-state index in [0.717, 1.165) is 0 Å². The molecule has 34 heavy (non-hydrogen) atoms. The summed E-state index contributed by atoms with van der Waals surface area (Å²) in [5.41, 5.74) is 0.216. The molecule has 0 unspecified atom stereocenters. The molecule has 10 nitrogen and oxygen atoms in total. The minimum atomic E-state index is -0.594. The lowest BCUT2D eigenvalue weighted by Crippen LogP contribution is -2.50. The number of ether oxygens (including phenoxy) is 1. The molecule has 1 saturated heterocycles. The second kappa shape index (κ2) is 9.08. The molecule has 178 valence electrons. The molecule has 1 aliphatic heterocycles. The first-order valence-corrected chi connectivity index (χ1v) is 10.7.